The lowest BCUT2D eigenvalue weighted by molar-refractivity contribution is -0.000504. The highest BCUT2D eigenvalue weighted by atomic mass is 16.5. The molecule has 1 atom stereocenters. The summed E-state index contributed by atoms with van der Waals surface area (Å²) in [5.74, 6) is 2.55. The molecular weight excluding hydrogens is 242 g/mol. The van der Waals surface area contributed by atoms with E-state index in [1.54, 1.807) is 7.11 Å². The third-order valence-corrected chi connectivity index (χ3v) is 2.85. The Morgan fingerprint density at radius 3 is 2.68 bits per heavy atom. The Morgan fingerprint density at radius 1 is 1.32 bits per heavy atom. The van der Waals surface area contributed by atoms with E-state index >= 15 is 0 Å². The Morgan fingerprint density at radius 2 is 2.05 bits per heavy atom. The van der Waals surface area contributed by atoms with E-state index in [0.29, 0.717) is 19.1 Å². The molecule has 1 aromatic rings. The van der Waals surface area contributed by atoms with Crippen molar-refractivity contribution >= 4 is 0 Å². The number of rotatable bonds is 9. The van der Waals surface area contributed by atoms with Gasteiger partial charge in [0.25, 0.3) is 0 Å². The molecule has 4 nitrogen and oxygen atoms in total. The second-order valence-electron chi connectivity index (χ2n) is 5.40. The Hall–Kier alpha value is -0.840. The Balaban J connectivity index is 2.40. The van der Waals surface area contributed by atoms with Crippen molar-refractivity contribution in [2.45, 2.75) is 47.0 Å². The smallest absolute Gasteiger partial charge is 0.118 e. The van der Waals surface area contributed by atoms with Gasteiger partial charge in [0.05, 0.1) is 25.9 Å². The van der Waals surface area contributed by atoms with Crippen LogP contribution in [-0.4, -0.2) is 26.4 Å². The Bertz CT molecular complexity index is 360. The monoisotopic (exact) mass is 269 g/mol. The minimum absolute atomic E-state index is 0.0989. The molecule has 4 heteroatoms. The second-order valence-corrected chi connectivity index (χ2v) is 5.40. The molecule has 0 aliphatic rings. The average Bonchev–Trinajstić information content (AvgIpc) is 2.67. The fourth-order valence-corrected chi connectivity index (χ4v) is 1.82. The summed E-state index contributed by atoms with van der Waals surface area (Å²) >= 11 is 0. The van der Waals surface area contributed by atoms with E-state index in [9.17, 15) is 0 Å². The van der Waals surface area contributed by atoms with Crippen LogP contribution in [0.4, 0.5) is 0 Å². The molecule has 1 aromatic heterocycles. The molecule has 0 fully saturated rings. The first-order chi connectivity index (χ1) is 9.02. The lowest BCUT2D eigenvalue weighted by Crippen LogP contribution is -2.18. The van der Waals surface area contributed by atoms with E-state index in [4.69, 9.17) is 13.9 Å². The largest absolute Gasteiger partial charge is 0.465 e. The van der Waals surface area contributed by atoms with Gasteiger partial charge in [-0.2, -0.15) is 0 Å². The van der Waals surface area contributed by atoms with Gasteiger partial charge in [0.15, 0.2) is 0 Å². The number of furan rings is 1. The molecule has 1 heterocycles. The zero-order valence-corrected chi connectivity index (χ0v) is 12.8. The predicted molar refractivity (Wildman–Crippen MR) is 76.1 cm³/mol. The summed E-state index contributed by atoms with van der Waals surface area (Å²) in [4.78, 5) is 0. The Kier molecular flexibility index (Phi) is 7.13. The lowest BCUT2D eigenvalue weighted by Gasteiger charge is -2.10. The highest BCUT2D eigenvalue weighted by molar-refractivity contribution is 5.19. The summed E-state index contributed by atoms with van der Waals surface area (Å²) in [6.45, 7) is 11.3. The summed E-state index contributed by atoms with van der Waals surface area (Å²) in [5.41, 5.74) is 1.12. The SMILES string of the molecule is COCC(C)OCc1cc(CNCC(C)C)oc1C. The zero-order valence-electron chi connectivity index (χ0n) is 12.8. The van der Waals surface area contributed by atoms with Crippen LogP contribution in [-0.2, 0) is 22.6 Å². The number of methoxy groups -OCH3 is 1. The molecule has 1 rings (SSSR count). The van der Waals surface area contributed by atoms with E-state index < -0.39 is 0 Å². The van der Waals surface area contributed by atoms with Gasteiger partial charge in [-0.1, -0.05) is 13.8 Å². The van der Waals surface area contributed by atoms with E-state index in [-0.39, 0.29) is 6.10 Å². The van der Waals surface area contributed by atoms with Crippen molar-refractivity contribution in [2.75, 3.05) is 20.3 Å². The highest BCUT2D eigenvalue weighted by Gasteiger charge is 2.09. The Labute approximate surface area is 116 Å². The molecule has 19 heavy (non-hydrogen) atoms. The molecule has 0 saturated heterocycles. The number of aryl methyl sites for hydroxylation is 1. The molecule has 0 radical (unpaired) electrons. The van der Waals surface area contributed by atoms with Gasteiger partial charge in [-0.15, -0.1) is 0 Å². The summed E-state index contributed by atoms with van der Waals surface area (Å²) in [6.07, 6.45) is 0.0989. The quantitative estimate of drug-likeness (QED) is 0.748. The number of nitrogens with one attached hydrogen (secondary N) is 1. The van der Waals surface area contributed by atoms with E-state index in [1.807, 2.05) is 13.8 Å². The van der Waals surface area contributed by atoms with Gasteiger partial charge in [0.2, 0.25) is 0 Å². The zero-order chi connectivity index (χ0) is 14.3. The molecule has 1 unspecified atom stereocenters. The molecule has 0 amide bonds. The molecule has 1 N–H and O–H groups in total. The highest BCUT2D eigenvalue weighted by Crippen LogP contribution is 2.16. The van der Waals surface area contributed by atoms with Gasteiger partial charge in [0, 0.05) is 12.7 Å². The maximum absolute atomic E-state index is 5.71. The first-order valence-corrected chi connectivity index (χ1v) is 6.92. The van der Waals surface area contributed by atoms with Crippen LogP contribution in [0.25, 0.3) is 0 Å². The molecule has 110 valence electrons. The van der Waals surface area contributed by atoms with Crippen LogP contribution in [0.1, 0.15) is 37.9 Å². The van der Waals surface area contributed by atoms with Crippen molar-refractivity contribution < 1.29 is 13.9 Å². The van der Waals surface area contributed by atoms with Crippen LogP contribution < -0.4 is 5.32 Å². The molecule has 0 aromatic carbocycles. The summed E-state index contributed by atoms with van der Waals surface area (Å²) < 4.78 is 16.5. The third-order valence-electron chi connectivity index (χ3n) is 2.85. The lowest BCUT2D eigenvalue weighted by atomic mass is 10.2. The fraction of sp³-hybridized carbons (Fsp3) is 0.733. The van der Waals surface area contributed by atoms with Gasteiger partial charge in [-0.3, -0.25) is 0 Å². The molecule has 0 spiro atoms. The van der Waals surface area contributed by atoms with Crippen LogP contribution in [0.2, 0.25) is 0 Å². The van der Waals surface area contributed by atoms with Crippen LogP contribution in [0.15, 0.2) is 10.5 Å². The van der Waals surface area contributed by atoms with Gasteiger partial charge >= 0.3 is 0 Å². The number of hydrogen-bond donors (Lipinski definition) is 1. The van der Waals surface area contributed by atoms with E-state index in [1.165, 1.54) is 0 Å². The van der Waals surface area contributed by atoms with Crippen molar-refractivity contribution in [2.24, 2.45) is 5.92 Å². The first-order valence-electron chi connectivity index (χ1n) is 6.92. The van der Waals surface area contributed by atoms with Crippen LogP contribution >= 0.6 is 0 Å². The van der Waals surface area contributed by atoms with E-state index in [0.717, 1.165) is 30.2 Å². The second kappa shape index (κ2) is 8.35. The van der Waals surface area contributed by atoms with Gasteiger partial charge in [-0.05, 0) is 32.4 Å². The van der Waals surface area contributed by atoms with Crippen molar-refractivity contribution in [3.8, 4) is 0 Å². The molecule has 0 aliphatic heterocycles. The molecule has 0 bridgehead atoms. The van der Waals surface area contributed by atoms with Crippen molar-refractivity contribution in [3.63, 3.8) is 0 Å². The fourth-order valence-electron chi connectivity index (χ4n) is 1.82. The molecule has 0 aliphatic carbocycles. The summed E-state index contributed by atoms with van der Waals surface area (Å²) in [7, 11) is 1.68. The molecular formula is C15H27NO3. The van der Waals surface area contributed by atoms with Crippen LogP contribution in [0.3, 0.4) is 0 Å². The number of ether oxygens (including phenoxy) is 2. The standard InChI is InChI=1S/C15H27NO3/c1-11(2)7-16-8-15-6-14(13(4)19-15)10-18-12(3)9-17-5/h6,11-12,16H,7-10H2,1-5H3. The van der Waals surface area contributed by atoms with Gasteiger partial charge < -0.3 is 19.2 Å². The average molecular weight is 269 g/mol. The maximum Gasteiger partial charge on any atom is 0.118 e. The van der Waals surface area contributed by atoms with E-state index in [2.05, 4.69) is 25.2 Å². The maximum atomic E-state index is 5.71. The van der Waals surface area contributed by atoms with Crippen molar-refractivity contribution in [3.05, 3.63) is 23.2 Å². The topological polar surface area (TPSA) is 43.6 Å². The third kappa shape index (κ3) is 6.23. The minimum atomic E-state index is 0.0989. The molecule has 0 saturated carbocycles. The predicted octanol–water partition coefficient (Wildman–Crippen LogP) is 2.89. The normalized spacial score (nSPS) is 13.2. The van der Waals surface area contributed by atoms with Gasteiger partial charge in [-0.25, -0.2) is 0 Å². The first kappa shape index (κ1) is 16.2. The van der Waals surface area contributed by atoms with Crippen molar-refractivity contribution in [1.29, 1.82) is 0 Å². The van der Waals surface area contributed by atoms with Crippen LogP contribution in [0.5, 0.6) is 0 Å². The summed E-state index contributed by atoms with van der Waals surface area (Å²) in [5, 5.41) is 3.37. The van der Waals surface area contributed by atoms with Crippen LogP contribution in [0, 0.1) is 12.8 Å². The minimum Gasteiger partial charge on any atom is -0.465 e. The summed E-state index contributed by atoms with van der Waals surface area (Å²) in [6, 6.07) is 2.07. The van der Waals surface area contributed by atoms with Gasteiger partial charge in [0.1, 0.15) is 11.5 Å². The van der Waals surface area contributed by atoms with Crippen molar-refractivity contribution in [1.82, 2.24) is 5.32 Å². The number of hydrogen-bond acceptors (Lipinski definition) is 4.